The molecule has 13 heavy (non-hydrogen) atoms. The lowest BCUT2D eigenvalue weighted by molar-refractivity contribution is -0.152. The molecule has 0 aromatic heterocycles. The van der Waals surface area contributed by atoms with Crippen molar-refractivity contribution >= 4 is 24.6 Å². The van der Waals surface area contributed by atoms with Gasteiger partial charge in [0.05, 0.1) is 7.11 Å². The van der Waals surface area contributed by atoms with E-state index in [9.17, 15) is 9.59 Å². The van der Waals surface area contributed by atoms with Gasteiger partial charge in [-0.1, -0.05) is 19.7 Å². The fourth-order valence-electron chi connectivity index (χ4n) is 1.46. The van der Waals surface area contributed by atoms with Gasteiger partial charge in [-0.2, -0.15) is 0 Å². The van der Waals surface area contributed by atoms with Crippen molar-refractivity contribution in [2.45, 2.75) is 6.92 Å². The zero-order valence-corrected chi connectivity index (χ0v) is 8.58. The van der Waals surface area contributed by atoms with Crippen molar-refractivity contribution in [3.63, 3.8) is 0 Å². The van der Waals surface area contributed by atoms with Crippen molar-refractivity contribution in [3.8, 4) is 0 Å². The van der Waals surface area contributed by atoms with Gasteiger partial charge in [-0.25, -0.2) is 0 Å². The smallest absolute Gasteiger partial charge is 0.317 e. The summed E-state index contributed by atoms with van der Waals surface area (Å²) in [5, 5.41) is 0. The number of carbonyl (C=O) groups excluding carboxylic acids is 2. The molecule has 1 saturated heterocycles. The van der Waals surface area contributed by atoms with Crippen LogP contribution in [0.4, 0.5) is 0 Å². The topological polar surface area (TPSA) is 46.6 Å². The minimum atomic E-state index is -0.661. The van der Waals surface area contributed by atoms with E-state index in [2.05, 4.69) is 17.6 Å². The molecule has 1 heterocycles. The molecule has 1 fully saturated rings. The Kier molecular flexibility index (Phi) is 3.33. The summed E-state index contributed by atoms with van der Waals surface area (Å²) in [6, 6.07) is 0. The summed E-state index contributed by atoms with van der Waals surface area (Å²) in [5.41, 5.74) is 0. The average Bonchev–Trinajstić information content (AvgIpc) is 2.10. The number of hydrogen-bond acceptors (Lipinski definition) is 5. The van der Waals surface area contributed by atoms with Crippen molar-refractivity contribution in [2.75, 3.05) is 20.2 Å². The molecule has 4 nitrogen and oxygen atoms in total. The van der Waals surface area contributed by atoms with Crippen LogP contribution < -0.4 is 0 Å². The van der Waals surface area contributed by atoms with E-state index in [0.717, 1.165) is 0 Å². The first-order valence-corrected chi connectivity index (χ1v) is 4.51. The molecular weight excluding hydrogens is 190 g/mol. The summed E-state index contributed by atoms with van der Waals surface area (Å²) in [7, 11) is 1.29. The van der Waals surface area contributed by atoms with E-state index in [0.29, 0.717) is 13.1 Å². The molecule has 1 aliphatic heterocycles. The van der Waals surface area contributed by atoms with Crippen LogP contribution in [-0.2, 0) is 14.3 Å². The van der Waals surface area contributed by atoms with Crippen LogP contribution in [0.25, 0.3) is 0 Å². The lowest BCUT2D eigenvalue weighted by atomic mass is 9.90. The second-order valence-corrected chi connectivity index (χ2v) is 3.82. The van der Waals surface area contributed by atoms with Crippen molar-refractivity contribution in [1.82, 2.24) is 4.31 Å². The highest BCUT2D eigenvalue weighted by atomic mass is 32.1. The lowest BCUT2D eigenvalue weighted by Gasteiger charge is -2.30. The number of ketones is 1. The predicted octanol–water partition coefficient (Wildman–Crippen LogP) is 0.141. The number of rotatable bonds is 1. The van der Waals surface area contributed by atoms with Gasteiger partial charge < -0.3 is 4.74 Å². The maximum absolute atomic E-state index is 11.5. The van der Waals surface area contributed by atoms with Gasteiger partial charge in [-0.3, -0.25) is 13.9 Å². The molecule has 2 unspecified atom stereocenters. The SMILES string of the molecule is COC(=O)C1CN(S)CC(C)C1=O. The minimum absolute atomic E-state index is 0.0443. The van der Waals surface area contributed by atoms with Gasteiger partial charge in [0.1, 0.15) is 5.92 Å². The lowest BCUT2D eigenvalue weighted by Crippen LogP contribution is -2.45. The molecule has 0 aromatic carbocycles. The normalized spacial score (nSPS) is 30.2. The maximum atomic E-state index is 11.5. The number of ether oxygens (including phenoxy) is 1. The zero-order chi connectivity index (χ0) is 10.0. The highest BCUT2D eigenvalue weighted by Gasteiger charge is 2.36. The predicted molar refractivity (Wildman–Crippen MR) is 50.2 cm³/mol. The van der Waals surface area contributed by atoms with Gasteiger partial charge >= 0.3 is 5.97 Å². The molecule has 0 N–H and O–H groups in total. The fraction of sp³-hybridized carbons (Fsp3) is 0.750. The van der Waals surface area contributed by atoms with E-state index in [1.807, 2.05) is 0 Å². The number of carbonyl (C=O) groups is 2. The molecule has 0 aliphatic carbocycles. The number of thiol groups is 1. The monoisotopic (exact) mass is 203 g/mol. The molecule has 2 atom stereocenters. The summed E-state index contributed by atoms with van der Waals surface area (Å²) < 4.78 is 6.21. The summed E-state index contributed by atoms with van der Waals surface area (Å²) in [5.74, 6) is -1.31. The summed E-state index contributed by atoms with van der Waals surface area (Å²) in [4.78, 5) is 22.7. The number of piperidine rings is 1. The van der Waals surface area contributed by atoms with E-state index < -0.39 is 11.9 Å². The van der Waals surface area contributed by atoms with Gasteiger partial charge in [0.15, 0.2) is 5.78 Å². The first-order valence-electron chi connectivity index (χ1n) is 4.11. The third kappa shape index (κ3) is 2.22. The van der Waals surface area contributed by atoms with Gasteiger partial charge in [0.2, 0.25) is 0 Å². The molecule has 0 amide bonds. The average molecular weight is 203 g/mol. The summed E-state index contributed by atoms with van der Waals surface area (Å²) >= 11 is 4.13. The second kappa shape index (κ2) is 4.11. The van der Waals surface area contributed by atoms with Gasteiger partial charge in [0, 0.05) is 19.0 Å². The Morgan fingerprint density at radius 2 is 2.23 bits per heavy atom. The molecule has 0 spiro atoms. The van der Waals surface area contributed by atoms with Crippen LogP contribution in [0, 0.1) is 11.8 Å². The molecule has 0 aromatic rings. The molecule has 1 rings (SSSR count). The second-order valence-electron chi connectivity index (χ2n) is 3.25. The van der Waals surface area contributed by atoms with Crippen LogP contribution in [0.1, 0.15) is 6.92 Å². The Labute approximate surface area is 82.8 Å². The number of Topliss-reactive ketones (excluding diaryl/α,β-unsaturated/α-hetero) is 1. The zero-order valence-electron chi connectivity index (χ0n) is 7.69. The highest BCUT2D eigenvalue weighted by molar-refractivity contribution is 7.77. The first-order chi connectivity index (χ1) is 6.06. The Morgan fingerprint density at radius 1 is 1.62 bits per heavy atom. The van der Waals surface area contributed by atoms with Crippen LogP contribution in [0.15, 0.2) is 0 Å². The molecular formula is C8H13NO3S. The van der Waals surface area contributed by atoms with Crippen LogP contribution in [0.5, 0.6) is 0 Å². The maximum Gasteiger partial charge on any atom is 0.317 e. The van der Waals surface area contributed by atoms with Crippen molar-refractivity contribution in [1.29, 1.82) is 0 Å². The standard InChI is InChI=1S/C8H13NO3S/c1-5-3-9(13)4-6(7(5)10)8(11)12-2/h5-6,13H,3-4H2,1-2H3. The Hall–Kier alpha value is -0.550. The Balaban J connectivity index is 2.72. The summed E-state index contributed by atoms with van der Waals surface area (Å²) in [6.07, 6.45) is 0. The molecule has 74 valence electrons. The molecule has 0 radical (unpaired) electrons. The van der Waals surface area contributed by atoms with Crippen molar-refractivity contribution in [2.24, 2.45) is 11.8 Å². The molecule has 5 heteroatoms. The highest BCUT2D eigenvalue weighted by Crippen LogP contribution is 2.20. The Morgan fingerprint density at radius 3 is 2.77 bits per heavy atom. The molecule has 0 bridgehead atoms. The number of methoxy groups -OCH3 is 1. The van der Waals surface area contributed by atoms with Crippen molar-refractivity contribution in [3.05, 3.63) is 0 Å². The van der Waals surface area contributed by atoms with Crippen LogP contribution in [-0.4, -0.2) is 36.3 Å². The third-order valence-electron chi connectivity index (χ3n) is 2.19. The van der Waals surface area contributed by atoms with E-state index in [1.165, 1.54) is 7.11 Å². The molecule has 1 aliphatic rings. The van der Waals surface area contributed by atoms with Gasteiger partial charge in [0.25, 0.3) is 0 Å². The number of nitrogens with zero attached hydrogens (tertiary/aromatic N) is 1. The fourth-order valence-corrected chi connectivity index (χ4v) is 1.87. The Bertz CT molecular complexity index is 231. The van der Waals surface area contributed by atoms with Crippen molar-refractivity contribution < 1.29 is 14.3 Å². The van der Waals surface area contributed by atoms with Gasteiger partial charge in [-0.15, -0.1) is 0 Å². The minimum Gasteiger partial charge on any atom is -0.468 e. The van der Waals surface area contributed by atoms with Crippen LogP contribution in [0.2, 0.25) is 0 Å². The van der Waals surface area contributed by atoms with E-state index in [-0.39, 0.29) is 11.7 Å². The van der Waals surface area contributed by atoms with Gasteiger partial charge in [-0.05, 0) is 0 Å². The first kappa shape index (κ1) is 10.5. The largest absolute Gasteiger partial charge is 0.468 e. The van der Waals surface area contributed by atoms with E-state index in [1.54, 1.807) is 11.2 Å². The van der Waals surface area contributed by atoms with Crippen LogP contribution in [0.3, 0.4) is 0 Å². The molecule has 0 saturated carbocycles. The summed E-state index contributed by atoms with van der Waals surface area (Å²) in [6.45, 7) is 2.73. The van der Waals surface area contributed by atoms with E-state index >= 15 is 0 Å². The number of esters is 1. The number of hydrogen-bond donors (Lipinski definition) is 1. The quantitative estimate of drug-likeness (QED) is 0.374. The van der Waals surface area contributed by atoms with Crippen LogP contribution >= 0.6 is 12.8 Å². The van der Waals surface area contributed by atoms with E-state index in [4.69, 9.17) is 0 Å². The third-order valence-corrected chi connectivity index (χ3v) is 2.52.